The Balaban J connectivity index is 2.43. The molecule has 0 spiro atoms. The average molecular weight is 220 g/mol. The zero-order valence-corrected chi connectivity index (χ0v) is 8.80. The number of aliphatic hydroxyl groups is 1. The zero-order valence-electron chi connectivity index (χ0n) is 8.80. The quantitative estimate of drug-likeness (QED) is 0.753. The first-order valence-electron chi connectivity index (χ1n) is 4.90. The fraction of sp³-hybridized carbons (Fsp3) is 0.250. The topological polar surface area (TPSA) is 66.8 Å². The Morgan fingerprint density at radius 1 is 1.50 bits per heavy atom. The molecule has 4 heteroatoms. The molecular formula is C12H12O4. The standard InChI is InChI=1S/C12H12O4/c1-12(15)5-4-8-6-9(11(13)14)2-3-10(8)16-7-12/h2-6,15H,7H2,1H3,(H,13,14). The van der Waals surface area contributed by atoms with Gasteiger partial charge in [-0.3, -0.25) is 0 Å². The molecule has 0 aliphatic carbocycles. The molecule has 1 aliphatic heterocycles. The number of carboxylic acids is 1. The van der Waals surface area contributed by atoms with Crippen LogP contribution in [0.5, 0.6) is 5.75 Å². The van der Waals surface area contributed by atoms with E-state index in [0.29, 0.717) is 11.3 Å². The molecular weight excluding hydrogens is 208 g/mol. The van der Waals surface area contributed by atoms with E-state index >= 15 is 0 Å². The Labute approximate surface area is 92.8 Å². The second-order valence-electron chi connectivity index (χ2n) is 4.04. The predicted octanol–water partition coefficient (Wildman–Crippen LogP) is 1.54. The predicted molar refractivity (Wildman–Crippen MR) is 58.6 cm³/mol. The number of carboxylic acid groups (broad SMARTS) is 1. The van der Waals surface area contributed by atoms with Gasteiger partial charge in [-0.25, -0.2) is 4.79 Å². The van der Waals surface area contributed by atoms with E-state index in [4.69, 9.17) is 9.84 Å². The number of carbonyl (C=O) groups is 1. The van der Waals surface area contributed by atoms with Gasteiger partial charge in [-0.1, -0.05) is 6.08 Å². The third kappa shape index (κ3) is 2.06. The van der Waals surface area contributed by atoms with E-state index in [1.807, 2.05) is 0 Å². The van der Waals surface area contributed by atoms with Crippen LogP contribution in [-0.2, 0) is 0 Å². The minimum atomic E-state index is -1.03. The van der Waals surface area contributed by atoms with Gasteiger partial charge in [0.15, 0.2) is 0 Å². The molecule has 2 rings (SSSR count). The fourth-order valence-electron chi connectivity index (χ4n) is 1.48. The van der Waals surface area contributed by atoms with Crippen LogP contribution >= 0.6 is 0 Å². The van der Waals surface area contributed by atoms with E-state index in [1.165, 1.54) is 12.1 Å². The summed E-state index contributed by atoms with van der Waals surface area (Å²) in [5.74, 6) is -0.397. The van der Waals surface area contributed by atoms with Gasteiger partial charge in [0.1, 0.15) is 18.0 Å². The summed E-state index contributed by atoms with van der Waals surface area (Å²) < 4.78 is 5.39. The van der Waals surface area contributed by atoms with Crippen molar-refractivity contribution >= 4 is 12.0 Å². The molecule has 2 N–H and O–H groups in total. The van der Waals surface area contributed by atoms with E-state index in [1.54, 1.807) is 25.1 Å². The van der Waals surface area contributed by atoms with Crippen molar-refractivity contribution in [1.29, 1.82) is 0 Å². The van der Waals surface area contributed by atoms with Crippen LogP contribution in [0, 0.1) is 0 Å². The molecule has 16 heavy (non-hydrogen) atoms. The summed E-state index contributed by atoms with van der Waals surface area (Å²) in [6.45, 7) is 1.79. The number of hydrogen-bond donors (Lipinski definition) is 2. The first-order chi connectivity index (χ1) is 7.48. The maximum absolute atomic E-state index is 10.8. The third-order valence-electron chi connectivity index (χ3n) is 2.40. The van der Waals surface area contributed by atoms with Crippen LogP contribution < -0.4 is 4.74 Å². The lowest BCUT2D eigenvalue weighted by Crippen LogP contribution is -2.28. The van der Waals surface area contributed by atoms with Gasteiger partial charge in [0.25, 0.3) is 0 Å². The summed E-state index contributed by atoms with van der Waals surface area (Å²) in [5.41, 5.74) is -0.159. The SMILES string of the molecule is CC1(O)C=Cc2cc(C(=O)O)ccc2OC1. The molecule has 0 radical (unpaired) electrons. The molecule has 1 aromatic carbocycles. The van der Waals surface area contributed by atoms with Crippen LogP contribution in [0.1, 0.15) is 22.8 Å². The number of fused-ring (bicyclic) bond motifs is 1. The Kier molecular flexibility index (Phi) is 2.44. The fourth-order valence-corrected chi connectivity index (χ4v) is 1.48. The van der Waals surface area contributed by atoms with Crippen molar-refractivity contribution in [2.75, 3.05) is 6.61 Å². The summed E-state index contributed by atoms with van der Waals surface area (Å²) in [4.78, 5) is 10.8. The lowest BCUT2D eigenvalue weighted by Gasteiger charge is -2.17. The largest absolute Gasteiger partial charge is 0.490 e. The summed E-state index contributed by atoms with van der Waals surface area (Å²) in [5, 5.41) is 18.6. The highest BCUT2D eigenvalue weighted by Gasteiger charge is 2.21. The highest BCUT2D eigenvalue weighted by atomic mass is 16.5. The molecule has 0 fully saturated rings. The van der Waals surface area contributed by atoms with Gasteiger partial charge in [0.05, 0.1) is 5.56 Å². The van der Waals surface area contributed by atoms with Crippen molar-refractivity contribution in [3.63, 3.8) is 0 Å². The van der Waals surface area contributed by atoms with Crippen molar-refractivity contribution in [3.05, 3.63) is 35.4 Å². The Morgan fingerprint density at radius 3 is 2.94 bits per heavy atom. The van der Waals surface area contributed by atoms with Crippen molar-refractivity contribution < 1.29 is 19.7 Å². The Bertz CT molecular complexity index is 460. The number of rotatable bonds is 1. The van der Waals surface area contributed by atoms with E-state index in [-0.39, 0.29) is 12.2 Å². The molecule has 0 bridgehead atoms. The molecule has 4 nitrogen and oxygen atoms in total. The van der Waals surface area contributed by atoms with E-state index in [0.717, 1.165) is 0 Å². The Hall–Kier alpha value is -1.81. The number of aromatic carboxylic acids is 1. The minimum absolute atomic E-state index is 0.156. The first-order valence-corrected chi connectivity index (χ1v) is 4.90. The highest BCUT2D eigenvalue weighted by molar-refractivity contribution is 5.89. The van der Waals surface area contributed by atoms with E-state index in [9.17, 15) is 9.90 Å². The lowest BCUT2D eigenvalue weighted by atomic mass is 10.1. The summed E-state index contributed by atoms with van der Waals surface area (Å²) in [6.07, 6.45) is 3.28. The maximum atomic E-state index is 10.8. The number of hydrogen-bond acceptors (Lipinski definition) is 3. The molecule has 0 saturated heterocycles. The summed E-state index contributed by atoms with van der Waals surface area (Å²) >= 11 is 0. The monoisotopic (exact) mass is 220 g/mol. The van der Waals surface area contributed by atoms with Gasteiger partial charge in [-0.2, -0.15) is 0 Å². The van der Waals surface area contributed by atoms with Crippen LogP contribution in [0.25, 0.3) is 6.08 Å². The number of benzene rings is 1. The molecule has 0 saturated carbocycles. The third-order valence-corrected chi connectivity index (χ3v) is 2.40. The molecule has 1 aliphatic rings. The normalized spacial score (nSPS) is 23.1. The van der Waals surface area contributed by atoms with Gasteiger partial charge < -0.3 is 14.9 Å². The molecule has 1 aromatic rings. The molecule has 1 heterocycles. The molecule has 0 amide bonds. The Morgan fingerprint density at radius 2 is 2.25 bits per heavy atom. The van der Waals surface area contributed by atoms with Crippen LogP contribution in [0.2, 0.25) is 0 Å². The second kappa shape index (κ2) is 3.64. The highest BCUT2D eigenvalue weighted by Crippen LogP contribution is 2.26. The number of ether oxygens (including phenoxy) is 1. The van der Waals surface area contributed by atoms with Gasteiger partial charge in [-0.15, -0.1) is 0 Å². The lowest BCUT2D eigenvalue weighted by molar-refractivity contribution is 0.0565. The van der Waals surface area contributed by atoms with Crippen LogP contribution in [0.4, 0.5) is 0 Å². The second-order valence-corrected chi connectivity index (χ2v) is 4.04. The molecule has 84 valence electrons. The van der Waals surface area contributed by atoms with Crippen molar-refractivity contribution in [1.82, 2.24) is 0 Å². The van der Waals surface area contributed by atoms with Crippen molar-refractivity contribution in [2.45, 2.75) is 12.5 Å². The molecule has 1 unspecified atom stereocenters. The van der Waals surface area contributed by atoms with Crippen LogP contribution in [0.15, 0.2) is 24.3 Å². The molecule has 1 atom stereocenters. The molecule has 0 aromatic heterocycles. The van der Waals surface area contributed by atoms with Crippen molar-refractivity contribution in [2.24, 2.45) is 0 Å². The minimum Gasteiger partial charge on any atom is -0.490 e. The smallest absolute Gasteiger partial charge is 0.335 e. The summed E-state index contributed by atoms with van der Waals surface area (Å²) in [7, 11) is 0. The first kappa shape index (κ1) is 10.7. The zero-order chi connectivity index (χ0) is 11.8. The van der Waals surface area contributed by atoms with Crippen LogP contribution in [0.3, 0.4) is 0 Å². The average Bonchev–Trinajstić information content (AvgIpc) is 2.38. The van der Waals surface area contributed by atoms with Gasteiger partial charge in [0.2, 0.25) is 0 Å². The van der Waals surface area contributed by atoms with E-state index < -0.39 is 11.6 Å². The van der Waals surface area contributed by atoms with Crippen LogP contribution in [-0.4, -0.2) is 28.4 Å². The summed E-state index contributed by atoms with van der Waals surface area (Å²) in [6, 6.07) is 4.61. The van der Waals surface area contributed by atoms with Crippen molar-refractivity contribution in [3.8, 4) is 5.75 Å². The maximum Gasteiger partial charge on any atom is 0.335 e. The van der Waals surface area contributed by atoms with Gasteiger partial charge in [0, 0.05) is 5.56 Å². The van der Waals surface area contributed by atoms with E-state index in [2.05, 4.69) is 0 Å². The van der Waals surface area contributed by atoms with Gasteiger partial charge >= 0.3 is 5.97 Å². The van der Waals surface area contributed by atoms with Gasteiger partial charge in [-0.05, 0) is 31.2 Å².